The number of carbonyl (C=O) groups is 1. The van der Waals surface area contributed by atoms with Gasteiger partial charge in [0.15, 0.2) is 11.5 Å². The van der Waals surface area contributed by atoms with Crippen molar-refractivity contribution in [3.8, 4) is 11.5 Å². The Hall–Kier alpha value is -2.40. The monoisotopic (exact) mass is 312 g/mol. The van der Waals surface area contributed by atoms with Crippen LogP contribution < -0.4 is 5.32 Å². The normalized spacial score (nSPS) is 10.6. The molecule has 5 heteroatoms. The SMILES string of the molecule is Cc1ccc(CNC(=O)c2ccc(-c3csc(C)n3)o2)cc1. The number of nitrogens with one attached hydrogen (secondary N) is 1. The standard InChI is InChI=1S/C17H16N2O2S/c1-11-3-5-13(6-4-11)9-18-17(20)16-8-7-15(21-16)14-10-22-12(2)19-14/h3-8,10H,9H2,1-2H3,(H,18,20). The fourth-order valence-corrected chi connectivity index (χ4v) is 2.65. The molecular formula is C17H16N2O2S. The average Bonchev–Trinajstić information content (AvgIpc) is 3.15. The Morgan fingerprint density at radius 3 is 2.64 bits per heavy atom. The predicted molar refractivity (Wildman–Crippen MR) is 86.9 cm³/mol. The summed E-state index contributed by atoms with van der Waals surface area (Å²) in [6.45, 7) is 4.45. The van der Waals surface area contributed by atoms with E-state index in [0.29, 0.717) is 18.1 Å². The van der Waals surface area contributed by atoms with Crippen LogP contribution in [0.3, 0.4) is 0 Å². The van der Waals surface area contributed by atoms with Crippen molar-refractivity contribution >= 4 is 17.2 Å². The molecule has 0 radical (unpaired) electrons. The highest BCUT2D eigenvalue weighted by Gasteiger charge is 2.13. The van der Waals surface area contributed by atoms with E-state index in [4.69, 9.17) is 4.42 Å². The van der Waals surface area contributed by atoms with Gasteiger partial charge in [-0.1, -0.05) is 29.8 Å². The topological polar surface area (TPSA) is 55.1 Å². The summed E-state index contributed by atoms with van der Waals surface area (Å²) in [6.07, 6.45) is 0. The van der Waals surface area contributed by atoms with Crippen molar-refractivity contribution in [1.82, 2.24) is 10.3 Å². The minimum atomic E-state index is -0.223. The van der Waals surface area contributed by atoms with Gasteiger partial charge in [-0.3, -0.25) is 4.79 Å². The number of aryl methyl sites for hydroxylation is 2. The minimum absolute atomic E-state index is 0.223. The lowest BCUT2D eigenvalue weighted by Crippen LogP contribution is -2.22. The molecule has 4 nitrogen and oxygen atoms in total. The van der Waals surface area contributed by atoms with Gasteiger partial charge in [0.2, 0.25) is 0 Å². The second-order valence-electron chi connectivity index (χ2n) is 5.08. The minimum Gasteiger partial charge on any atom is -0.449 e. The summed E-state index contributed by atoms with van der Waals surface area (Å²) >= 11 is 1.55. The first-order chi connectivity index (χ1) is 10.6. The number of furan rings is 1. The Balaban J connectivity index is 1.65. The molecule has 0 unspecified atom stereocenters. The number of carbonyl (C=O) groups excluding carboxylic acids is 1. The van der Waals surface area contributed by atoms with Crippen molar-refractivity contribution in [2.24, 2.45) is 0 Å². The van der Waals surface area contributed by atoms with Gasteiger partial charge < -0.3 is 9.73 Å². The van der Waals surface area contributed by atoms with Crippen molar-refractivity contribution in [2.75, 3.05) is 0 Å². The van der Waals surface area contributed by atoms with Crippen LogP contribution in [0.15, 0.2) is 46.2 Å². The Labute approximate surface area is 132 Å². The molecule has 112 valence electrons. The van der Waals surface area contributed by atoms with Gasteiger partial charge in [0.05, 0.1) is 5.01 Å². The number of nitrogens with zero attached hydrogens (tertiary/aromatic N) is 1. The number of amides is 1. The first-order valence-electron chi connectivity index (χ1n) is 6.98. The molecule has 3 rings (SSSR count). The molecule has 2 aromatic heterocycles. The fraction of sp³-hybridized carbons (Fsp3) is 0.176. The first-order valence-corrected chi connectivity index (χ1v) is 7.86. The summed E-state index contributed by atoms with van der Waals surface area (Å²) < 4.78 is 5.58. The Bertz CT molecular complexity index is 787. The van der Waals surface area contributed by atoms with Crippen molar-refractivity contribution in [1.29, 1.82) is 0 Å². The molecule has 0 bridgehead atoms. The zero-order valence-electron chi connectivity index (χ0n) is 12.4. The number of rotatable bonds is 4. The van der Waals surface area contributed by atoms with E-state index in [0.717, 1.165) is 16.3 Å². The van der Waals surface area contributed by atoms with Gasteiger partial charge in [-0.15, -0.1) is 11.3 Å². The lowest BCUT2D eigenvalue weighted by molar-refractivity contribution is 0.0924. The number of aromatic nitrogens is 1. The van der Waals surface area contributed by atoms with E-state index < -0.39 is 0 Å². The summed E-state index contributed by atoms with van der Waals surface area (Å²) in [5, 5.41) is 5.74. The van der Waals surface area contributed by atoms with Crippen LogP contribution in [0.4, 0.5) is 0 Å². The van der Waals surface area contributed by atoms with Crippen LogP contribution in [0, 0.1) is 13.8 Å². The van der Waals surface area contributed by atoms with Crippen LogP contribution in [-0.2, 0) is 6.54 Å². The molecule has 0 spiro atoms. The number of hydrogen-bond donors (Lipinski definition) is 1. The molecule has 0 aliphatic carbocycles. The average molecular weight is 312 g/mol. The molecule has 0 atom stereocenters. The maximum atomic E-state index is 12.1. The Morgan fingerprint density at radius 2 is 1.95 bits per heavy atom. The molecule has 1 N–H and O–H groups in total. The summed E-state index contributed by atoms with van der Waals surface area (Å²) in [6, 6.07) is 11.5. The number of benzene rings is 1. The van der Waals surface area contributed by atoms with Gasteiger partial charge in [-0.25, -0.2) is 4.98 Å². The molecule has 0 aliphatic heterocycles. The first kappa shape index (κ1) is 14.5. The van der Waals surface area contributed by atoms with Gasteiger partial charge in [-0.2, -0.15) is 0 Å². The van der Waals surface area contributed by atoms with Gasteiger partial charge in [0.1, 0.15) is 5.69 Å². The molecular weight excluding hydrogens is 296 g/mol. The van der Waals surface area contributed by atoms with Crippen LogP contribution in [0.5, 0.6) is 0 Å². The van der Waals surface area contributed by atoms with E-state index in [1.165, 1.54) is 5.56 Å². The quantitative estimate of drug-likeness (QED) is 0.793. The zero-order valence-corrected chi connectivity index (χ0v) is 13.2. The number of thiazole rings is 1. The van der Waals surface area contributed by atoms with E-state index in [-0.39, 0.29) is 5.91 Å². The van der Waals surface area contributed by atoms with E-state index in [1.807, 2.05) is 43.5 Å². The second-order valence-corrected chi connectivity index (χ2v) is 6.15. The van der Waals surface area contributed by atoms with Crippen molar-refractivity contribution in [3.63, 3.8) is 0 Å². The van der Waals surface area contributed by atoms with E-state index in [2.05, 4.69) is 10.3 Å². The summed E-state index contributed by atoms with van der Waals surface area (Å²) in [5.74, 6) is 0.691. The summed E-state index contributed by atoms with van der Waals surface area (Å²) in [4.78, 5) is 16.5. The van der Waals surface area contributed by atoms with E-state index in [1.54, 1.807) is 23.5 Å². The highest BCUT2D eigenvalue weighted by atomic mass is 32.1. The highest BCUT2D eigenvalue weighted by Crippen LogP contribution is 2.23. The molecule has 0 saturated carbocycles. The zero-order chi connectivity index (χ0) is 15.5. The second kappa shape index (κ2) is 6.15. The van der Waals surface area contributed by atoms with E-state index in [9.17, 15) is 4.79 Å². The summed E-state index contributed by atoms with van der Waals surface area (Å²) in [5.41, 5.74) is 3.02. The van der Waals surface area contributed by atoms with Crippen molar-refractivity contribution in [3.05, 3.63) is 63.7 Å². The third kappa shape index (κ3) is 3.26. The lowest BCUT2D eigenvalue weighted by Gasteiger charge is -2.03. The molecule has 3 aromatic rings. The Kier molecular flexibility index (Phi) is 4.06. The summed E-state index contributed by atoms with van der Waals surface area (Å²) in [7, 11) is 0. The molecule has 0 saturated heterocycles. The van der Waals surface area contributed by atoms with Crippen LogP contribution in [-0.4, -0.2) is 10.9 Å². The van der Waals surface area contributed by atoms with Gasteiger partial charge >= 0.3 is 0 Å². The third-order valence-corrected chi connectivity index (χ3v) is 4.05. The molecule has 2 heterocycles. The smallest absolute Gasteiger partial charge is 0.287 e. The molecule has 1 aromatic carbocycles. The molecule has 22 heavy (non-hydrogen) atoms. The van der Waals surface area contributed by atoms with Crippen LogP contribution in [0.25, 0.3) is 11.5 Å². The van der Waals surface area contributed by atoms with Crippen LogP contribution in [0.1, 0.15) is 26.7 Å². The predicted octanol–water partition coefficient (Wildman–Crippen LogP) is 3.95. The maximum Gasteiger partial charge on any atom is 0.287 e. The van der Waals surface area contributed by atoms with Gasteiger partial charge in [-0.05, 0) is 31.5 Å². The van der Waals surface area contributed by atoms with Gasteiger partial charge in [0.25, 0.3) is 5.91 Å². The molecule has 0 fully saturated rings. The van der Waals surface area contributed by atoms with Crippen LogP contribution in [0.2, 0.25) is 0 Å². The Morgan fingerprint density at radius 1 is 1.18 bits per heavy atom. The van der Waals surface area contributed by atoms with Crippen LogP contribution >= 0.6 is 11.3 Å². The fourth-order valence-electron chi connectivity index (χ4n) is 2.05. The molecule has 0 aliphatic rings. The third-order valence-electron chi connectivity index (χ3n) is 3.27. The highest BCUT2D eigenvalue weighted by molar-refractivity contribution is 7.09. The maximum absolute atomic E-state index is 12.1. The lowest BCUT2D eigenvalue weighted by atomic mass is 10.1. The van der Waals surface area contributed by atoms with E-state index >= 15 is 0 Å². The van der Waals surface area contributed by atoms with Crippen molar-refractivity contribution < 1.29 is 9.21 Å². The largest absolute Gasteiger partial charge is 0.449 e. The number of hydrogen-bond acceptors (Lipinski definition) is 4. The van der Waals surface area contributed by atoms with Crippen molar-refractivity contribution in [2.45, 2.75) is 20.4 Å². The molecule has 1 amide bonds. The van der Waals surface area contributed by atoms with Gasteiger partial charge in [0, 0.05) is 11.9 Å².